The lowest BCUT2D eigenvalue weighted by Crippen LogP contribution is -2.37. The van der Waals surface area contributed by atoms with Gasteiger partial charge in [-0.15, -0.1) is 10.2 Å². The molecule has 184 valence electrons. The fraction of sp³-hybridized carbons (Fsp3) is 0.179. The summed E-state index contributed by atoms with van der Waals surface area (Å²) in [5.74, 6) is 0.623. The summed E-state index contributed by atoms with van der Waals surface area (Å²) in [7, 11) is 0. The molecule has 0 bridgehead atoms. The van der Waals surface area contributed by atoms with Gasteiger partial charge in [-0.3, -0.25) is 20.2 Å². The SMILES string of the molecule is C=C(NNC(=O)CSc1nnc(-c2ccc(C(C)(C)C)cc2)n1-c1ccccc1)c1ccccc1O. The molecule has 0 atom stereocenters. The van der Waals surface area contributed by atoms with E-state index in [1.165, 1.54) is 17.3 Å². The number of rotatable bonds is 8. The fourth-order valence-electron chi connectivity index (χ4n) is 3.59. The highest BCUT2D eigenvalue weighted by atomic mass is 32.2. The summed E-state index contributed by atoms with van der Waals surface area (Å²) < 4.78 is 1.96. The second-order valence-electron chi connectivity index (χ2n) is 9.26. The Morgan fingerprint density at radius 3 is 2.28 bits per heavy atom. The molecule has 0 fully saturated rings. The number of aromatic nitrogens is 3. The summed E-state index contributed by atoms with van der Waals surface area (Å²) in [6.45, 7) is 10.4. The Morgan fingerprint density at radius 2 is 1.61 bits per heavy atom. The van der Waals surface area contributed by atoms with Gasteiger partial charge < -0.3 is 5.11 Å². The van der Waals surface area contributed by atoms with E-state index >= 15 is 0 Å². The Kier molecular flexibility index (Phi) is 7.45. The van der Waals surface area contributed by atoms with Gasteiger partial charge in [0.1, 0.15) is 5.75 Å². The van der Waals surface area contributed by atoms with E-state index < -0.39 is 0 Å². The zero-order valence-corrected chi connectivity index (χ0v) is 21.3. The number of nitrogens with zero attached hydrogens (tertiary/aromatic N) is 3. The monoisotopic (exact) mass is 499 g/mol. The highest BCUT2D eigenvalue weighted by molar-refractivity contribution is 7.99. The molecule has 0 saturated carbocycles. The van der Waals surface area contributed by atoms with Crippen LogP contribution in [0.15, 0.2) is 90.6 Å². The average Bonchev–Trinajstić information content (AvgIpc) is 3.30. The van der Waals surface area contributed by atoms with Crippen molar-refractivity contribution >= 4 is 23.4 Å². The highest BCUT2D eigenvalue weighted by Gasteiger charge is 2.19. The molecule has 8 heteroatoms. The van der Waals surface area contributed by atoms with Crippen molar-refractivity contribution in [2.45, 2.75) is 31.3 Å². The Bertz CT molecular complexity index is 1360. The summed E-state index contributed by atoms with van der Waals surface area (Å²) in [5, 5.41) is 19.4. The Labute approximate surface area is 215 Å². The summed E-state index contributed by atoms with van der Waals surface area (Å²) >= 11 is 1.28. The average molecular weight is 500 g/mol. The molecule has 4 aromatic rings. The van der Waals surface area contributed by atoms with Gasteiger partial charge in [0.2, 0.25) is 5.91 Å². The van der Waals surface area contributed by atoms with Crippen LogP contribution in [0.5, 0.6) is 5.75 Å². The molecule has 0 aliphatic heterocycles. The zero-order valence-electron chi connectivity index (χ0n) is 20.5. The van der Waals surface area contributed by atoms with Crippen molar-refractivity contribution in [3.05, 3.63) is 96.6 Å². The highest BCUT2D eigenvalue weighted by Crippen LogP contribution is 2.30. The first-order valence-corrected chi connectivity index (χ1v) is 12.5. The third kappa shape index (κ3) is 5.78. The molecule has 36 heavy (non-hydrogen) atoms. The van der Waals surface area contributed by atoms with Gasteiger partial charge in [0, 0.05) is 16.8 Å². The number of aromatic hydroxyl groups is 1. The molecule has 3 aromatic carbocycles. The molecule has 0 radical (unpaired) electrons. The quantitative estimate of drug-likeness (QED) is 0.224. The Balaban J connectivity index is 1.50. The predicted molar refractivity (Wildman–Crippen MR) is 145 cm³/mol. The summed E-state index contributed by atoms with van der Waals surface area (Å²) in [4.78, 5) is 12.5. The second kappa shape index (κ2) is 10.7. The molecular weight excluding hydrogens is 470 g/mol. The number of amides is 1. The first-order valence-electron chi connectivity index (χ1n) is 11.5. The van der Waals surface area contributed by atoms with Gasteiger partial charge in [-0.05, 0) is 35.2 Å². The molecule has 7 nitrogen and oxygen atoms in total. The van der Waals surface area contributed by atoms with Crippen molar-refractivity contribution in [3.63, 3.8) is 0 Å². The Hall–Kier alpha value is -4.04. The number of carbonyl (C=O) groups is 1. The first-order chi connectivity index (χ1) is 17.2. The lowest BCUT2D eigenvalue weighted by atomic mass is 9.87. The predicted octanol–water partition coefficient (Wildman–Crippen LogP) is 5.32. The van der Waals surface area contributed by atoms with Crippen molar-refractivity contribution in [3.8, 4) is 22.8 Å². The number of para-hydroxylation sites is 2. The third-order valence-electron chi connectivity index (χ3n) is 5.57. The van der Waals surface area contributed by atoms with Crippen LogP contribution in [0.1, 0.15) is 31.9 Å². The molecular formula is C28H29N5O2S. The maximum absolute atomic E-state index is 12.5. The van der Waals surface area contributed by atoms with E-state index in [0.717, 1.165) is 11.3 Å². The van der Waals surface area contributed by atoms with Gasteiger partial charge in [0.25, 0.3) is 0 Å². The standard InChI is InChI=1S/C28H29N5O2S/c1-19(23-12-8-9-13-24(23)34)29-30-25(35)18-36-27-32-31-26(33(27)22-10-6-5-7-11-22)20-14-16-21(17-15-20)28(2,3)4/h5-17,29,34H,1,18H2,2-4H3,(H,30,35). The van der Waals surface area contributed by atoms with Crippen molar-refractivity contribution in [2.75, 3.05) is 5.75 Å². The molecule has 0 aliphatic rings. The lowest BCUT2D eigenvalue weighted by Gasteiger charge is -2.19. The van der Waals surface area contributed by atoms with E-state index in [1.807, 2.05) is 34.9 Å². The summed E-state index contributed by atoms with van der Waals surface area (Å²) in [6.07, 6.45) is 0. The van der Waals surface area contributed by atoms with Crippen molar-refractivity contribution in [2.24, 2.45) is 0 Å². The van der Waals surface area contributed by atoms with Crippen LogP contribution >= 0.6 is 11.8 Å². The van der Waals surface area contributed by atoms with Crippen LogP contribution < -0.4 is 10.9 Å². The van der Waals surface area contributed by atoms with E-state index in [0.29, 0.717) is 22.2 Å². The molecule has 3 N–H and O–H groups in total. The van der Waals surface area contributed by atoms with Crippen LogP contribution in [0.2, 0.25) is 0 Å². The van der Waals surface area contributed by atoms with Crippen molar-refractivity contribution in [1.29, 1.82) is 0 Å². The lowest BCUT2D eigenvalue weighted by molar-refractivity contribution is -0.119. The minimum absolute atomic E-state index is 0.0542. The van der Waals surface area contributed by atoms with Gasteiger partial charge in [-0.2, -0.15) is 0 Å². The number of thioether (sulfide) groups is 1. The zero-order chi connectivity index (χ0) is 25.7. The summed E-state index contributed by atoms with van der Waals surface area (Å²) in [5.41, 5.74) is 9.42. The number of hydrazine groups is 1. The Morgan fingerprint density at radius 1 is 0.944 bits per heavy atom. The van der Waals surface area contributed by atoms with E-state index in [2.05, 4.69) is 72.7 Å². The van der Waals surface area contributed by atoms with E-state index in [1.54, 1.807) is 24.3 Å². The maximum atomic E-state index is 12.5. The number of hydrogen-bond donors (Lipinski definition) is 3. The van der Waals surface area contributed by atoms with Crippen LogP contribution in [-0.4, -0.2) is 31.5 Å². The number of phenolic OH excluding ortho intramolecular Hbond substituents is 1. The van der Waals surface area contributed by atoms with Crippen molar-refractivity contribution < 1.29 is 9.90 Å². The first kappa shape index (κ1) is 25.1. The van der Waals surface area contributed by atoms with E-state index in [-0.39, 0.29) is 22.8 Å². The minimum Gasteiger partial charge on any atom is -0.507 e. The van der Waals surface area contributed by atoms with Gasteiger partial charge in [0.15, 0.2) is 11.0 Å². The normalized spacial score (nSPS) is 11.2. The smallest absolute Gasteiger partial charge is 0.248 e. The summed E-state index contributed by atoms with van der Waals surface area (Å²) in [6, 6.07) is 24.9. The largest absolute Gasteiger partial charge is 0.507 e. The maximum Gasteiger partial charge on any atom is 0.248 e. The second-order valence-corrected chi connectivity index (χ2v) is 10.2. The number of hydrogen-bond acceptors (Lipinski definition) is 6. The van der Waals surface area contributed by atoms with E-state index in [9.17, 15) is 9.90 Å². The van der Waals surface area contributed by atoms with Crippen LogP contribution in [0.4, 0.5) is 0 Å². The number of benzene rings is 3. The number of phenols is 1. The van der Waals surface area contributed by atoms with Crippen LogP contribution in [0, 0.1) is 0 Å². The van der Waals surface area contributed by atoms with Crippen molar-refractivity contribution in [1.82, 2.24) is 25.6 Å². The fourth-order valence-corrected chi connectivity index (χ4v) is 4.34. The minimum atomic E-state index is -0.268. The third-order valence-corrected chi connectivity index (χ3v) is 6.50. The van der Waals surface area contributed by atoms with E-state index in [4.69, 9.17) is 0 Å². The number of nitrogens with one attached hydrogen (secondary N) is 2. The van der Waals surface area contributed by atoms with Crippen LogP contribution in [0.3, 0.4) is 0 Å². The van der Waals surface area contributed by atoms with Gasteiger partial charge >= 0.3 is 0 Å². The topological polar surface area (TPSA) is 92.1 Å². The van der Waals surface area contributed by atoms with Gasteiger partial charge in [-0.25, -0.2) is 0 Å². The van der Waals surface area contributed by atoms with Gasteiger partial charge in [0.05, 0.1) is 11.4 Å². The molecule has 0 spiro atoms. The molecule has 0 unspecified atom stereocenters. The molecule has 0 saturated heterocycles. The molecule has 4 rings (SSSR count). The molecule has 1 aromatic heterocycles. The molecule has 1 heterocycles. The molecule has 0 aliphatic carbocycles. The van der Waals surface area contributed by atoms with Gasteiger partial charge in [-0.1, -0.05) is 93.7 Å². The van der Waals surface area contributed by atoms with Crippen LogP contribution in [-0.2, 0) is 10.2 Å². The number of carbonyl (C=O) groups excluding carboxylic acids is 1. The molecule has 1 amide bonds. The van der Waals surface area contributed by atoms with Crippen LogP contribution in [0.25, 0.3) is 22.8 Å².